The van der Waals surface area contributed by atoms with Crippen molar-refractivity contribution < 1.29 is 19.4 Å². The topological polar surface area (TPSA) is 63.6 Å². The van der Waals surface area contributed by atoms with Crippen molar-refractivity contribution in [1.29, 1.82) is 0 Å². The predicted octanol–water partition coefficient (Wildman–Crippen LogP) is 4.97. The van der Waals surface area contributed by atoms with E-state index in [9.17, 15) is 9.59 Å². The molecule has 3 fully saturated rings. The van der Waals surface area contributed by atoms with Crippen LogP contribution in [-0.4, -0.2) is 23.7 Å². The highest BCUT2D eigenvalue weighted by molar-refractivity contribution is 5.90. The first-order valence-corrected chi connectivity index (χ1v) is 10.7. The minimum Gasteiger partial charge on any atom is -0.481 e. The van der Waals surface area contributed by atoms with Gasteiger partial charge in [-0.05, 0) is 73.0 Å². The van der Waals surface area contributed by atoms with Gasteiger partial charge >= 0.3 is 11.9 Å². The van der Waals surface area contributed by atoms with Gasteiger partial charge < -0.3 is 9.84 Å². The van der Waals surface area contributed by atoms with Crippen molar-refractivity contribution in [1.82, 2.24) is 0 Å². The number of hydrogen-bond donors (Lipinski definition) is 1. The Hall–Kier alpha value is -1.32. The van der Waals surface area contributed by atoms with Crippen LogP contribution in [0.3, 0.4) is 0 Å². The summed E-state index contributed by atoms with van der Waals surface area (Å²) in [6, 6.07) is 0. The second-order valence-electron chi connectivity index (χ2n) is 10.8. The summed E-state index contributed by atoms with van der Waals surface area (Å²) in [5.74, 6) is -0.442. The summed E-state index contributed by atoms with van der Waals surface area (Å²) >= 11 is 0. The Morgan fingerprint density at radius 3 is 2.52 bits per heavy atom. The molecule has 0 radical (unpaired) electrons. The Morgan fingerprint density at radius 1 is 1.04 bits per heavy atom. The van der Waals surface area contributed by atoms with Gasteiger partial charge in [0, 0.05) is 5.41 Å². The molecule has 6 atom stereocenters. The monoisotopic (exact) mass is 374 g/mol. The number of rotatable bonds is 4. The largest absolute Gasteiger partial charge is 0.481 e. The quantitative estimate of drug-likeness (QED) is 0.428. The molecule has 4 aliphatic rings. The van der Waals surface area contributed by atoms with Crippen molar-refractivity contribution >= 4 is 11.9 Å². The summed E-state index contributed by atoms with van der Waals surface area (Å²) in [4.78, 5) is 22.6. The van der Waals surface area contributed by atoms with E-state index in [1.54, 1.807) is 0 Å². The SMILES string of the molecule is C[C@]12C=C[C@@]3(CC[C@@H]4[C@](C)(COC(=O)CC(=O)O)CCC[C@@]4(C)[C@@H]3CC1)C2. The minimum atomic E-state index is -1.11. The van der Waals surface area contributed by atoms with E-state index in [0.717, 1.165) is 12.3 Å². The lowest BCUT2D eigenvalue weighted by Crippen LogP contribution is -2.58. The van der Waals surface area contributed by atoms with Crippen LogP contribution >= 0.6 is 0 Å². The van der Waals surface area contributed by atoms with Gasteiger partial charge in [0.2, 0.25) is 0 Å². The number of allylic oxidation sites excluding steroid dienone is 2. The Bertz CT molecular complexity index is 684. The van der Waals surface area contributed by atoms with Crippen LogP contribution < -0.4 is 0 Å². The van der Waals surface area contributed by atoms with E-state index in [4.69, 9.17) is 9.84 Å². The van der Waals surface area contributed by atoms with Crippen LogP contribution in [0.4, 0.5) is 0 Å². The second-order valence-corrected chi connectivity index (χ2v) is 10.8. The molecule has 0 aromatic heterocycles. The molecule has 1 N–H and O–H groups in total. The van der Waals surface area contributed by atoms with Crippen molar-refractivity contribution in [2.45, 2.75) is 78.6 Å². The van der Waals surface area contributed by atoms with Gasteiger partial charge in [0.15, 0.2) is 0 Å². The van der Waals surface area contributed by atoms with E-state index in [2.05, 4.69) is 32.9 Å². The maximum Gasteiger partial charge on any atom is 0.317 e. The van der Waals surface area contributed by atoms with Crippen molar-refractivity contribution in [3.8, 4) is 0 Å². The van der Waals surface area contributed by atoms with E-state index in [0.29, 0.717) is 28.8 Å². The Labute approximate surface area is 162 Å². The normalized spacial score (nSPS) is 47.8. The van der Waals surface area contributed by atoms with E-state index in [1.807, 2.05) is 0 Å². The zero-order chi connectivity index (χ0) is 19.5. The van der Waals surface area contributed by atoms with Crippen LogP contribution in [0.5, 0.6) is 0 Å². The molecule has 4 nitrogen and oxygen atoms in total. The highest BCUT2D eigenvalue weighted by Gasteiger charge is 2.63. The van der Waals surface area contributed by atoms with E-state index < -0.39 is 18.4 Å². The molecule has 0 aliphatic heterocycles. The molecule has 0 unspecified atom stereocenters. The van der Waals surface area contributed by atoms with Crippen molar-refractivity contribution in [2.75, 3.05) is 6.61 Å². The van der Waals surface area contributed by atoms with Crippen LogP contribution in [-0.2, 0) is 14.3 Å². The molecule has 0 aromatic rings. The van der Waals surface area contributed by atoms with Crippen LogP contribution in [0.15, 0.2) is 12.2 Å². The van der Waals surface area contributed by atoms with Crippen LogP contribution in [0, 0.1) is 33.5 Å². The molecule has 2 bridgehead atoms. The van der Waals surface area contributed by atoms with Crippen molar-refractivity contribution in [2.24, 2.45) is 33.5 Å². The van der Waals surface area contributed by atoms with Crippen molar-refractivity contribution in [3.63, 3.8) is 0 Å². The summed E-state index contributed by atoms with van der Waals surface area (Å²) in [7, 11) is 0. The molecule has 0 heterocycles. The summed E-state index contributed by atoms with van der Waals surface area (Å²) in [5, 5.41) is 8.82. The van der Waals surface area contributed by atoms with Gasteiger partial charge in [0.25, 0.3) is 0 Å². The average Bonchev–Trinajstić information content (AvgIpc) is 2.82. The summed E-state index contributed by atoms with van der Waals surface area (Å²) in [5.41, 5.74) is 1.05. The Morgan fingerprint density at radius 2 is 1.78 bits per heavy atom. The van der Waals surface area contributed by atoms with Crippen LogP contribution in [0.1, 0.15) is 78.6 Å². The van der Waals surface area contributed by atoms with Crippen molar-refractivity contribution in [3.05, 3.63) is 12.2 Å². The van der Waals surface area contributed by atoms with E-state index in [1.165, 1.54) is 44.9 Å². The molecule has 1 spiro atoms. The molecule has 150 valence electrons. The van der Waals surface area contributed by atoms with E-state index >= 15 is 0 Å². The fourth-order valence-corrected chi connectivity index (χ4v) is 7.86. The van der Waals surface area contributed by atoms with Crippen LogP contribution in [0.2, 0.25) is 0 Å². The molecule has 0 saturated heterocycles. The van der Waals surface area contributed by atoms with Gasteiger partial charge in [-0.3, -0.25) is 9.59 Å². The molecule has 0 amide bonds. The number of carboxylic acids is 1. The summed E-state index contributed by atoms with van der Waals surface area (Å²) in [6.45, 7) is 7.58. The highest BCUT2D eigenvalue weighted by Crippen LogP contribution is 2.71. The number of carboxylic acid groups (broad SMARTS) is 1. The average molecular weight is 375 g/mol. The first kappa shape index (κ1) is 19.0. The second kappa shape index (κ2) is 6.09. The van der Waals surface area contributed by atoms with Gasteiger partial charge in [-0.2, -0.15) is 0 Å². The van der Waals surface area contributed by atoms with Gasteiger partial charge in [0.05, 0.1) is 6.61 Å². The fourth-order valence-electron chi connectivity index (χ4n) is 7.86. The maximum absolute atomic E-state index is 11.8. The third-order valence-corrected chi connectivity index (χ3v) is 8.90. The first-order valence-electron chi connectivity index (χ1n) is 10.7. The third kappa shape index (κ3) is 2.94. The number of fused-ring (bicyclic) bond motifs is 3. The molecular formula is C23H34O4. The lowest BCUT2D eigenvalue weighted by Gasteiger charge is -2.64. The highest BCUT2D eigenvalue weighted by atomic mass is 16.5. The number of esters is 1. The molecule has 3 saturated carbocycles. The molecule has 27 heavy (non-hydrogen) atoms. The van der Waals surface area contributed by atoms with Gasteiger partial charge in [-0.1, -0.05) is 39.3 Å². The zero-order valence-corrected chi connectivity index (χ0v) is 17.1. The number of hydrogen-bond acceptors (Lipinski definition) is 3. The lowest BCUT2D eigenvalue weighted by atomic mass is 9.40. The smallest absolute Gasteiger partial charge is 0.317 e. The Balaban J connectivity index is 1.55. The fraction of sp³-hybridized carbons (Fsp3) is 0.826. The van der Waals surface area contributed by atoms with Gasteiger partial charge in [0.1, 0.15) is 6.42 Å². The van der Waals surface area contributed by atoms with Crippen LogP contribution in [0.25, 0.3) is 0 Å². The maximum atomic E-state index is 11.8. The number of carbonyl (C=O) groups excluding carboxylic acids is 1. The van der Waals surface area contributed by atoms with Gasteiger partial charge in [-0.15, -0.1) is 0 Å². The number of carbonyl (C=O) groups is 2. The summed E-state index contributed by atoms with van der Waals surface area (Å²) < 4.78 is 5.47. The minimum absolute atomic E-state index is 0.0359. The lowest BCUT2D eigenvalue weighted by molar-refractivity contribution is -0.173. The van der Waals surface area contributed by atoms with Gasteiger partial charge in [-0.25, -0.2) is 0 Å². The molecule has 4 heteroatoms. The standard InChI is InChI=1S/C23H34O4/c1-20-9-5-17-22(3)8-4-7-21(2,15-27-19(26)13-18(24)25)16(22)6-10-23(17,14-20)12-11-20/h11-12,16-17H,4-10,13-15H2,1-3H3,(H,24,25)/t16-,17+,20-,21+,22-,23+/m1/s1. The molecular weight excluding hydrogens is 340 g/mol. The Kier molecular flexibility index (Phi) is 4.29. The number of aliphatic carboxylic acids is 1. The summed E-state index contributed by atoms with van der Waals surface area (Å²) in [6.07, 6.45) is 14.4. The number of ether oxygens (including phenoxy) is 1. The predicted molar refractivity (Wildman–Crippen MR) is 103 cm³/mol. The van der Waals surface area contributed by atoms with E-state index in [-0.39, 0.29) is 5.41 Å². The molecule has 4 rings (SSSR count). The third-order valence-electron chi connectivity index (χ3n) is 8.90. The zero-order valence-electron chi connectivity index (χ0n) is 17.1. The first-order chi connectivity index (χ1) is 12.6. The molecule has 0 aromatic carbocycles. The molecule has 4 aliphatic carbocycles.